The molecule has 2 aromatic heterocycles. The molecular formula is C18H24N6O2. The molecule has 1 amide bonds. The van der Waals surface area contributed by atoms with E-state index in [1.54, 1.807) is 18.3 Å². The lowest BCUT2D eigenvalue weighted by Gasteiger charge is -2.35. The standard InChI is InChI=1S/C18H24N6O2/c1-4-26-17-8-5-14(13-19-17)18(25)24-11-9-23(10-12-24)16-7-6-15(20-21-16)22(2)3/h5-8,13H,4,9-12H2,1-3H3. The van der Waals surface area contributed by atoms with E-state index >= 15 is 0 Å². The van der Waals surface area contributed by atoms with Gasteiger partial charge < -0.3 is 19.4 Å². The number of anilines is 2. The maximum atomic E-state index is 12.6. The smallest absolute Gasteiger partial charge is 0.255 e. The van der Waals surface area contributed by atoms with Crippen LogP contribution in [-0.2, 0) is 0 Å². The fourth-order valence-electron chi connectivity index (χ4n) is 2.79. The van der Waals surface area contributed by atoms with E-state index < -0.39 is 0 Å². The molecular weight excluding hydrogens is 332 g/mol. The second kappa shape index (κ2) is 7.99. The van der Waals surface area contributed by atoms with Crippen LogP contribution in [0.4, 0.5) is 11.6 Å². The van der Waals surface area contributed by atoms with Crippen molar-refractivity contribution in [1.29, 1.82) is 0 Å². The molecule has 1 saturated heterocycles. The molecule has 26 heavy (non-hydrogen) atoms. The highest BCUT2D eigenvalue weighted by Crippen LogP contribution is 2.17. The van der Waals surface area contributed by atoms with Crippen LogP contribution in [0.25, 0.3) is 0 Å². The van der Waals surface area contributed by atoms with E-state index in [-0.39, 0.29) is 5.91 Å². The first kappa shape index (κ1) is 17.9. The zero-order valence-electron chi connectivity index (χ0n) is 15.4. The molecule has 0 N–H and O–H groups in total. The second-order valence-corrected chi connectivity index (χ2v) is 6.24. The van der Waals surface area contributed by atoms with Crippen molar-refractivity contribution in [2.24, 2.45) is 0 Å². The van der Waals surface area contributed by atoms with E-state index in [0.29, 0.717) is 31.1 Å². The van der Waals surface area contributed by atoms with Crippen molar-refractivity contribution in [3.63, 3.8) is 0 Å². The van der Waals surface area contributed by atoms with Crippen molar-refractivity contribution >= 4 is 17.5 Å². The van der Waals surface area contributed by atoms with Crippen LogP contribution in [0.15, 0.2) is 30.5 Å². The zero-order chi connectivity index (χ0) is 18.5. The van der Waals surface area contributed by atoms with Crippen LogP contribution >= 0.6 is 0 Å². The Balaban J connectivity index is 1.58. The van der Waals surface area contributed by atoms with Gasteiger partial charge in [0.1, 0.15) is 0 Å². The maximum absolute atomic E-state index is 12.6. The minimum absolute atomic E-state index is 0.00533. The van der Waals surface area contributed by atoms with Gasteiger partial charge in [0.15, 0.2) is 11.6 Å². The van der Waals surface area contributed by atoms with Crippen molar-refractivity contribution in [1.82, 2.24) is 20.1 Å². The van der Waals surface area contributed by atoms with E-state index in [9.17, 15) is 4.79 Å². The molecule has 2 aromatic rings. The number of hydrogen-bond donors (Lipinski definition) is 0. The van der Waals surface area contributed by atoms with E-state index in [2.05, 4.69) is 20.1 Å². The lowest BCUT2D eigenvalue weighted by atomic mass is 10.2. The number of rotatable bonds is 5. The van der Waals surface area contributed by atoms with E-state index in [4.69, 9.17) is 4.74 Å². The summed E-state index contributed by atoms with van der Waals surface area (Å²) < 4.78 is 5.31. The molecule has 1 aliphatic rings. The Bertz CT molecular complexity index is 724. The number of pyridine rings is 1. The number of hydrogen-bond acceptors (Lipinski definition) is 7. The third-order valence-electron chi connectivity index (χ3n) is 4.26. The fraction of sp³-hybridized carbons (Fsp3) is 0.444. The molecule has 1 fully saturated rings. The predicted octanol–water partition coefficient (Wildman–Crippen LogP) is 1.30. The summed E-state index contributed by atoms with van der Waals surface area (Å²) in [6, 6.07) is 7.41. The molecule has 0 radical (unpaired) electrons. The highest BCUT2D eigenvalue weighted by molar-refractivity contribution is 5.94. The Labute approximate surface area is 153 Å². The molecule has 0 saturated carbocycles. The molecule has 0 aromatic carbocycles. The molecule has 138 valence electrons. The van der Waals surface area contributed by atoms with Crippen LogP contribution in [0.3, 0.4) is 0 Å². The first-order chi connectivity index (χ1) is 12.6. The monoisotopic (exact) mass is 356 g/mol. The first-order valence-electron chi connectivity index (χ1n) is 8.72. The van der Waals surface area contributed by atoms with Crippen molar-refractivity contribution in [3.8, 4) is 5.88 Å². The Morgan fingerprint density at radius 2 is 1.88 bits per heavy atom. The van der Waals surface area contributed by atoms with Gasteiger partial charge in [0.25, 0.3) is 5.91 Å². The molecule has 3 heterocycles. The van der Waals surface area contributed by atoms with Crippen LogP contribution < -0.4 is 14.5 Å². The van der Waals surface area contributed by atoms with Crippen molar-refractivity contribution in [2.45, 2.75) is 6.92 Å². The first-order valence-corrected chi connectivity index (χ1v) is 8.72. The van der Waals surface area contributed by atoms with E-state index in [0.717, 1.165) is 24.7 Å². The number of carbonyl (C=O) groups is 1. The molecule has 8 nitrogen and oxygen atoms in total. The van der Waals surface area contributed by atoms with Gasteiger partial charge in [-0.2, -0.15) is 0 Å². The topological polar surface area (TPSA) is 74.7 Å². The van der Waals surface area contributed by atoms with Crippen LogP contribution in [0.1, 0.15) is 17.3 Å². The molecule has 0 atom stereocenters. The van der Waals surface area contributed by atoms with Crippen LogP contribution in [0.2, 0.25) is 0 Å². The largest absolute Gasteiger partial charge is 0.478 e. The van der Waals surface area contributed by atoms with E-state index in [1.165, 1.54) is 0 Å². The second-order valence-electron chi connectivity index (χ2n) is 6.24. The Kier molecular flexibility index (Phi) is 5.50. The Hall–Kier alpha value is -2.90. The molecule has 1 aliphatic heterocycles. The number of nitrogens with zero attached hydrogens (tertiary/aromatic N) is 6. The molecule has 0 aliphatic carbocycles. The lowest BCUT2D eigenvalue weighted by Crippen LogP contribution is -2.49. The van der Waals surface area contributed by atoms with Crippen LogP contribution in [-0.4, -0.2) is 72.9 Å². The molecule has 0 spiro atoms. The lowest BCUT2D eigenvalue weighted by molar-refractivity contribution is 0.0746. The number of carbonyl (C=O) groups excluding carboxylic acids is 1. The minimum atomic E-state index is -0.00533. The van der Waals surface area contributed by atoms with Gasteiger partial charge in [-0.1, -0.05) is 0 Å². The quantitative estimate of drug-likeness (QED) is 0.799. The highest BCUT2D eigenvalue weighted by Gasteiger charge is 2.23. The van der Waals surface area contributed by atoms with Gasteiger partial charge in [-0.25, -0.2) is 4.98 Å². The SMILES string of the molecule is CCOc1ccc(C(=O)N2CCN(c3ccc(N(C)C)nn3)CC2)cn1. The Morgan fingerprint density at radius 1 is 1.12 bits per heavy atom. The van der Waals surface area contributed by atoms with Crippen molar-refractivity contribution < 1.29 is 9.53 Å². The number of aromatic nitrogens is 3. The summed E-state index contributed by atoms with van der Waals surface area (Å²) in [5.74, 6) is 2.19. The summed E-state index contributed by atoms with van der Waals surface area (Å²) in [5, 5.41) is 8.50. The van der Waals surface area contributed by atoms with Gasteiger partial charge in [0.2, 0.25) is 5.88 Å². The number of ether oxygens (including phenoxy) is 1. The van der Waals surface area contributed by atoms with Gasteiger partial charge in [-0.05, 0) is 25.1 Å². The molecule has 3 rings (SSSR count). The summed E-state index contributed by atoms with van der Waals surface area (Å²) in [7, 11) is 3.87. The van der Waals surface area contributed by atoms with Gasteiger partial charge in [0.05, 0.1) is 12.2 Å². The predicted molar refractivity (Wildman–Crippen MR) is 99.9 cm³/mol. The van der Waals surface area contributed by atoms with Gasteiger partial charge in [-0.3, -0.25) is 4.79 Å². The Morgan fingerprint density at radius 3 is 2.42 bits per heavy atom. The van der Waals surface area contributed by atoms with Crippen LogP contribution in [0, 0.1) is 0 Å². The highest BCUT2D eigenvalue weighted by atomic mass is 16.5. The summed E-state index contributed by atoms with van der Waals surface area (Å²) in [5.41, 5.74) is 0.581. The van der Waals surface area contributed by atoms with Crippen LogP contribution in [0.5, 0.6) is 5.88 Å². The third kappa shape index (κ3) is 4.01. The minimum Gasteiger partial charge on any atom is -0.478 e. The number of piperazine rings is 1. The zero-order valence-corrected chi connectivity index (χ0v) is 15.4. The summed E-state index contributed by atoms with van der Waals surface area (Å²) >= 11 is 0. The third-order valence-corrected chi connectivity index (χ3v) is 4.26. The maximum Gasteiger partial charge on any atom is 0.255 e. The molecule has 8 heteroatoms. The van der Waals surface area contributed by atoms with Crippen molar-refractivity contribution in [3.05, 3.63) is 36.0 Å². The van der Waals surface area contributed by atoms with E-state index in [1.807, 2.05) is 43.0 Å². The van der Waals surface area contributed by atoms with Gasteiger partial charge in [-0.15, -0.1) is 10.2 Å². The van der Waals surface area contributed by atoms with Crippen molar-refractivity contribution in [2.75, 3.05) is 56.7 Å². The normalized spacial score (nSPS) is 14.3. The average Bonchev–Trinajstić information content (AvgIpc) is 2.68. The van der Waals surface area contributed by atoms with Gasteiger partial charge >= 0.3 is 0 Å². The summed E-state index contributed by atoms with van der Waals surface area (Å²) in [4.78, 5) is 22.7. The molecule has 0 unspecified atom stereocenters. The molecule has 0 bridgehead atoms. The average molecular weight is 356 g/mol. The number of amides is 1. The fourth-order valence-corrected chi connectivity index (χ4v) is 2.79. The summed E-state index contributed by atoms with van der Waals surface area (Å²) in [6.07, 6.45) is 1.57. The van der Waals surface area contributed by atoms with Gasteiger partial charge in [0, 0.05) is 52.5 Å². The summed E-state index contributed by atoms with van der Waals surface area (Å²) in [6.45, 7) is 5.20.